The van der Waals surface area contributed by atoms with Gasteiger partial charge in [-0.15, -0.1) is 0 Å². The number of hydrogen-bond acceptors (Lipinski definition) is 3. The molecule has 0 aliphatic carbocycles. The summed E-state index contributed by atoms with van der Waals surface area (Å²) in [6.07, 6.45) is 1.80. The van der Waals surface area contributed by atoms with Gasteiger partial charge in [0, 0.05) is 16.8 Å². The molecule has 5 nitrogen and oxygen atoms in total. The average molecular weight is 421 g/mol. The number of ether oxygens (including phenoxy) is 1. The molecular formula is C18H15BrClN3O2. The normalized spacial score (nSPS) is 10.5. The third-order valence-corrected chi connectivity index (χ3v) is 4.54. The van der Waals surface area contributed by atoms with Crippen LogP contribution in [-0.4, -0.2) is 22.8 Å². The fourth-order valence-electron chi connectivity index (χ4n) is 2.29. The zero-order valence-electron chi connectivity index (χ0n) is 13.4. The van der Waals surface area contributed by atoms with Gasteiger partial charge in [-0.25, -0.2) is 0 Å². The number of nitrogens with one attached hydrogen (secondary N) is 1. The summed E-state index contributed by atoms with van der Waals surface area (Å²) in [5.41, 5.74) is 1.47. The number of anilines is 1. The Bertz CT molecular complexity index is 894. The molecule has 0 fully saturated rings. The third kappa shape index (κ3) is 4.21. The highest BCUT2D eigenvalue weighted by molar-refractivity contribution is 9.10. The van der Waals surface area contributed by atoms with Crippen molar-refractivity contribution in [2.45, 2.75) is 6.54 Å². The third-order valence-electron chi connectivity index (χ3n) is 3.59. The number of halogens is 2. The molecule has 1 N–H and O–H groups in total. The zero-order valence-corrected chi connectivity index (χ0v) is 15.7. The molecular weight excluding hydrogens is 406 g/mol. The van der Waals surface area contributed by atoms with E-state index < -0.39 is 0 Å². The quantitative estimate of drug-likeness (QED) is 0.656. The molecule has 0 radical (unpaired) electrons. The number of benzene rings is 2. The first-order chi connectivity index (χ1) is 12.1. The van der Waals surface area contributed by atoms with Gasteiger partial charge in [-0.1, -0.05) is 29.8 Å². The Kier molecular flexibility index (Phi) is 5.40. The van der Waals surface area contributed by atoms with Gasteiger partial charge in [0.25, 0.3) is 5.91 Å². The van der Waals surface area contributed by atoms with Crippen molar-refractivity contribution >= 4 is 39.3 Å². The maximum atomic E-state index is 12.3. The van der Waals surface area contributed by atoms with Crippen molar-refractivity contribution in [3.8, 4) is 5.75 Å². The van der Waals surface area contributed by atoms with Gasteiger partial charge in [-0.3, -0.25) is 9.48 Å². The highest BCUT2D eigenvalue weighted by Gasteiger charge is 2.13. The first-order valence-electron chi connectivity index (χ1n) is 7.48. The zero-order chi connectivity index (χ0) is 17.8. The van der Waals surface area contributed by atoms with E-state index in [2.05, 4.69) is 26.3 Å². The number of methoxy groups -OCH3 is 1. The van der Waals surface area contributed by atoms with E-state index >= 15 is 0 Å². The van der Waals surface area contributed by atoms with E-state index in [1.807, 2.05) is 24.3 Å². The summed E-state index contributed by atoms with van der Waals surface area (Å²) in [5, 5.41) is 7.87. The van der Waals surface area contributed by atoms with Crippen LogP contribution in [0.3, 0.4) is 0 Å². The second kappa shape index (κ2) is 7.72. The van der Waals surface area contributed by atoms with Crippen molar-refractivity contribution in [2.75, 3.05) is 12.4 Å². The lowest BCUT2D eigenvalue weighted by molar-refractivity contribution is 0.102. The van der Waals surface area contributed by atoms with Crippen LogP contribution in [0.1, 0.15) is 15.9 Å². The molecule has 0 aliphatic heterocycles. The summed E-state index contributed by atoms with van der Waals surface area (Å²) >= 11 is 9.60. The molecule has 0 saturated carbocycles. The molecule has 3 aromatic rings. The summed E-state index contributed by atoms with van der Waals surface area (Å²) in [7, 11) is 1.58. The van der Waals surface area contributed by atoms with Crippen LogP contribution in [0, 0.1) is 0 Å². The van der Waals surface area contributed by atoms with Crippen molar-refractivity contribution in [2.24, 2.45) is 0 Å². The Morgan fingerprint density at radius 2 is 1.96 bits per heavy atom. The van der Waals surface area contributed by atoms with E-state index in [1.54, 1.807) is 42.3 Å². The second-order valence-electron chi connectivity index (χ2n) is 5.30. The fraction of sp³-hybridized carbons (Fsp3) is 0.111. The Morgan fingerprint density at radius 3 is 2.64 bits per heavy atom. The molecule has 1 amide bonds. The van der Waals surface area contributed by atoms with Crippen molar-refractivity contribution in [3.05, 3.63) is 75.4 Å². The molecule has 1 aromatic heterocycles. The van der Waals surface area contributed by atoms with Crippen molar-refractivity contribution in [1.29, 1.82) is 0 Å². The van der Waals surface area contributed by atoms with Crippen molar-refractivity contribution < 1.29 is 9.53 Å². The van der Waals surface area contributed by atoms with Gasteiger partial charge in [0.15, 0.2) is 5.82 Å². The van der Waals surface area contributed by atoms with E-state index in [4.69, 9.17) is 16.3 Å². The number of hydrogen-bond donors (Lipinski definition) is 1. The minimum absolute atomic E-state index is 0.244. The summed E-state index contributed by atoms with van der Waals surface area (Å²) < 4.78 is 7.50. The molecule has 2 aromatic carbocycles. The lowest BCUT2D eigenvalue weighted by atomic mass is 10.2. The van der Waals surface area contributed by atoms with Crippen LogP contribution in [0.2, 0.25) is 5.02 Å². The van der Waals surface area contributed by atoms with Gasteiger partial charge in [-0.2, -0.15) is 5.10 Å². The Labute approximate surface area is 158 Å². The van der Waals surface area contributed by atoms with Gasteiger partial charge >= 0.3 is 0 Å². The second-order valence-corrected chi connectivity index (χ2v) is 6.56. The first kappa shape index (κ1) is 17.5. The molecule has 3 rings (SSSR count). The maximum absolute atomic E-state index is 12.3. The topological polar surface area (TPSA) is 56.1 Å². The summed E-state index contributed by atoms with van der Waals surface area (Å²) in [6, 6.07) is 14.4. The molecule has 0 aliphatic rings. The molecule has 0 saturated heterocycles. The van der Waals surface area contributed by atoms with Gasteiger partial charge in [-0.05, 0) is 51.8 Å². The first-order valence-corrected chi connectivity index (χ1v) is 8.65. The van der Waals surface area contributed by atoms with Gasteiger partial charge in [0.1, 0.15) is 5.75 Å². The number of nitrogens with zero attached hydrogens (tertiary/aromatic N) is 2. The molecule has 128 valence electrons. The molecule has 1 heterocycles. The van der Waals surface area contributed by atoms with E-state index in [0.717, 1.165) is 5.56 Å². The Balaban J connectivity index is 1.73. The molecule has 7 heteroatoms. The number of rotatable bonds is 5. The summed E-state index contributed by atoms with van der Waals surface area (Å²) in [4.78, 5) is 12.3. The lowest BCUT2D eigenvalue weighted by Gasteiger charge is -2.05. The molecule has 0 spiro atoms. The highest BCUT2D eigenvalue weighted by atomic mass is 79.9. The molecule has 0 unspecified atom stereocenters. The monoisotopic (exact) mass is 419 g/mol. The highest BCUT2D eigenvalue weighted by Crippen LogP contribution is 2.23. The van der Waals surface area contributed by atoms with Crippen LogP contribution >= 0.6 is 27.5 Å². The van der Waals surface area contributed by atoms with E-state index in [-0.39, 0.29) is 5.91 Å². The number of carbonyl (C=O) groups is 1. The summed E-state index contributed by atoms with van der Waals surface area (Å²) in [6.45, 7) is 0.511. The number of carbonyl (C=O) groups excluding carboxylic acids is 1. The standard InChI is InChI=1S/C18H15BrClN3O2/c1-25-14-8-6-12(7-9-14)18(24)21-17-15(19)11-23(22-17)10-13-4-2-3-5-16(13)20/h2-9,11H,10H2,1H3,(H,21,22,24). The smallest absolute Gasteiger partial charge is 0.256 e. The molecule has 0 bridgehead atoms. The SMILES string of the molecule is COc1ccc(C(=O)Nc2nn(Cc3ccccc3Cl)cc2Br)cc1. The average Bonchev–Trinajstić information content (AvgIpc) is 2.96. The van der Waals surface area contributed by atoms with Gasteiger partial charge < -0.3 is 10.1 Å². The molecule has 25 heavy (non-hydrogen) atoms. The van der Waals surface area contributed by atoms with Crippen LogP contribution in [0.15, 0.2) is 59.2 Å². The van der Waals surface area contributed by atoms with Crippen LogP contribution in [0.4, 0.5) is 5.82 Å². The minimum Gasteiger partial charge on any atom is -0.497 e. The largest absolute Gasteiger partial charge is 0.497 e. The number of amides is 1. The van der Waals surface area contributed by atoms with Gasteiger partial charge in [0.05, 0.1) is 18.1 Å². The van der Waals surface area contributed by atoms with Crippen molar-refractivity contribution in [3.63, 3.8) is 0 Å². The van der Waals surface area contributed by atoms with E-state index in [9.17, 15) is 4.79 Å². The molecule has 0 atom stereocenters. The minimum atomic E-state index is -0.244. The Hall–Kier alpha value is -2.31. The lowest BCUT2D eigenvalue weighted by Crippen LogP contribution is -2.13. The predicted molar refractivity (Wildman–Crippen MR) is 101 cm³/mol. The van der Waals surface area contributed by atoms with Crippen LogP contribution in [-0.2, 0) is 6.54 Å². The van der Waals surface area contributed by atoms with Gasteiger partial charge in [0.2, 0.25) is 0 Å². The van der Waals surface area contributed by atoms with Crippen molar-refractivity contribution in [1.82, 2.24) is 9.78 Å². The Morgan fingerprint density at radius 1 is 1.24 bits per heavy atom. The fourth-order valence-corrected chi connectivity index (χ4v) is 2.90. The van der Waals surface area contributed by atoms with E-state index in [0.29, 0.717) is 33.2 Å². The van der Waals surface area contributed by atoms with Crippen LogP contribution in [0.25, 0.3) is 0 Å². The number of aromatic nitrogens is 2. The maximum Gasteiger partial charge on any atom is 0.256 e. The van der Waals surface area contributed by atoms with E-state index in [1.165, 1.54) is 0 Å². The summed E-state index contributed by atoms with van der Waals surface area (Å²) in [5.74, 6) is 0.904. The van der Waals surface area contributed by atoms with Crippen LogP contribution < -0.4 is 10.1 Å². The predicted octanol–water partition coefficient (Wildman–Crippen LogP) is 4.61. The van der Waals surface area contributed by atoms with Crippen LogP contribution in [0.5, 0.6) is 5.75 Å².